The molecule has 6 heteroatoms. The summed E-state index contributed by atoms with van der Waals surface area (Å²) in [7, 11) is 1.71. The highest BCUT2D eigenvalue weighted by Gasteiger charge is 2.30. The Morgan fingerprint density at radius 2 is 2.28 bits per heavy atom. The van der Waals surface area contributed by atoms with Gasteiger partial charge in [-0.2, -0.15) is 0 Å². The Bertz CT molecular complexity index is 501. The highest BCUT2D eigenvalue weighted by atomic mass is 16.5. The molecule has 0 bridgehead atoms. The van der Waals surface area contributed by atoms with Crippen molar-refractivity contribution in [3.05, 3.63) is 23.8 Å². The van der Waals surface area contributed by atoms with E-state index in [-0.39, 0.29) is 17.2 Å². The van der Waals surface area contributed by atoms with Gasteiger partial charge in [-0.25, -0.2) is 4.79 Å². The Hall–Kier alpha value is -2.24. The quantitative estimate of drug-likeness (QED) is 0.765. The first-order valence-electron chi connectivity index (χ1n) is 5.53. The van der Waals surface area contributed by atoms with Gasteiger partial charge in [-0.1, -0.05) is 0 Å². The summed E-state index contributed by atoms with van der Waals surface area (Å²) in [5.74, 6) is -0.869. The van der Waals surface area contributed by atoms with Gasteiger partial charge in [0.05, 0.1) is 5.56 Å². The number of nitrogen functional groups attached to an aromatic ring is 1. The van der Waals surface area contributed by atoms with Gasteiger partial charge in [-0.05, 0) is 18.2 Å². The number of hydrogen-bond donors (Lipinski definition) is 2. The average Bonchev–Trinajstić information content (AvgIpc) is 2.63. The number of likely N-dealkylation sites (N-methyl/N-ethyl adjacent to an activating group) is 1. The molecule has 1 aliphatic rings. The maximum Gasteiger partial charge on any atom is 0.337 e. The van der Waals surface area contributed by atoms with E-state index in [0.717, 1.165) is 0 Å². The summed E-state index contributed by atoms with van der Waals surface area (Å²) in [6.45, 7) is 0.643. The van der Waals surface area contributed by atoms with Crippen molar-refractivity contribution in [2.24, 2.45) is 0 Å². The minimum atomic E-state index is -1.12. The second kappa shape index (κ2) is 4.56. The Labute approximate surface area is 104 Å². The average molecular weight is 250 g/mol. The van der Waals surface area contributed by atoms with Crippen molar-refractivity contribution < 1.29 is 19.4 Å². The van der Waals surface area contributed by atoms with Gasteiger partial charge >= 0.3 is 5.97 Å². The van der Waals surface area contributed by atoms with Crippen LogP contribution in [-0.4, -0.2) is 41.6 Å². The van der Waals surface area contributed by atoms with E-state index in [4.69, 9.17) is 15.6 Å². The lowest BCUT2D eigenvalue weighted by Crippen LogP contribution is -2.29. The normalized spacial score (nSPS) is 19.1. The first-order chi connectivity index (χ1) is 8.49. The fourth-order valence-electron chi connectivity index (χ4n) is 1.86. The monoisotopic (exact) mass is 250 g/mol. The number of carboxylic acids is 1. The molecule has 3 N–H and O–H groups in total. The predicted molar refractivity (Wildman–Crippen MR) is 64.5 cm³/mol. The van der Waals surface area contributed by atoms with Crippen molar-refractivity contribution in [1.82, 2.24) is 4.90 Å². The Morgan fingerprint density at radius 3 is 2.83 bits per heavy atom. The third kappa shape index (κ3) is 2.22. The van der Waals surface area contributed by atoms with Crippen molar-refractivity contribution in [3.63, 3.8) is 0 Å². The van der Waals surface area contributed by atoms with Crippen LogP contribution >= 0.6 is 0 Å². The molecule has 0 saturated carbocycles. The molecule has 1 unspecified atom stereocenters. The van der Waals surface area contributed by atoms with E-state index in [1.807, 2.05) is 0 Å². The number of nitrogens with two attached hydrogens (primary N) is 1. The van der Waals surface area contributed by atoms with Crippen LogP contribution in [0.5, 0.6) is 5.75 Å². The molecule has 96 valence electrons. The molecule has 1 fully saturated rings. The second-order valence-electron chi connectivity index (χ2n) is 4.21. The highest BCUT2D eigenvalue weighted by Crippen LogP contribution is 2.23. The van der Waals surface area contributed by atoms with Gasteiger partial charge in [-0.3, -0.25) is 4.79 Å². The number of aromatic carboxylic acids is 1. The van der Waals surface area contributed by atoms with Crippen LogP contribution in [0.15, 0.2) is 18.2 Å². The lowest BCUT2D eigenvalue weighted by atomic mass is 10.1. The van der Waals surface area contributed by atoms with Crippen LogP contribution in [0.3, 0.4) is 0 Å². The van der Waals surface area contributed by atoms with Gasteiger partial charge in [0.1, 0.15) is 5.75 Å². The van der Waals surface area contributed by atoms with Gasteiger partial charge in [0.15, 0.2) is 6.10 Å². The van der Waals surface area contributed by atoms with Gasteiger partial charge < -0.3 is 20.5 Å². The number of benzene rings is 1. The summed E-state index contributed by atoms with van der Waals surface area (Å²) in [4.78, 5) is 24.2. The fraction of sp³-hybridized carbons (Fsp3) is 0.333. The fourth-order valence-corrected chi connectivity index (χ4v) is 1.86. The van der Waals surface area contributed by atoms with Crippen molar-refractivity contribution in [3.8, 4) is 5.75 Å². The Kier molecular flexibility index (Phi) is 3.10. The molecule has 1 atom stereocenters. The molecule has 0 radical (unpaired) electrons. The van der Waals surface area contributed by atoms with Crippen molar-refractivity contribution >= 4 is 17.6 Å². The molecule has 0 spiro atoms. The summed E-state index contributed by atoms with van der Waals surface area (Å²) >= 11 is 0. The second-order valence-corrected chi connectivity index (χ2v) is 4.21. The third-order valence-electron chi connectivity index (χ3n) is 2.91. The van der Waals surface area contributed by atoms with Crippen molar-refractivity contribution in [2.45, 2.75) is 12.5 Å². The van der Waals surface area contributed by atoms with Crippen LogP contribution in [0.2, 0.25) is 0 Å². The molecule has 0 aromatic heterocycles. The van der Waals surface area contributed by atoms with Gasteiger partial charge in [0.2, 0.25) is 0 Å². The Balaban J connectivity index is 2.18. The molecule has 1 heterocycles. The summed E-state index contributed by atoms with van der Waals surface area (Å²) in [6, 6.07) is 4.36. The van der Waals surface area contributed by atoms with Crippen molar-refractivity contribution in [2.75, 3.05) is 19.3 Å². The van der Waals surface area contributed by atoms with Gasteiger partial charge in [0.25, 0.3) is 5.91 Å². The third-order valence-corrected chi connectivity index (χ3v) is 2.91. The van der Waals surface area contributed by atoms with E-state index < -0.39 is 12.1 Å². The number of anilines is 1. The summed E-state index contributed by atoms with van der Waals surface area (Å²) in [6.07, 6.45) is 0.0579. The zero-order valence-electron chi connectivity index (χ0n) is 9.92. The SMILES string of the molecule is CN1CCC(Oc2ccc(N)c(C(=O)O)c2)C1=O. The van der Waals surface area contributed by atoms with Crippen LogP contribution in [0.25, 0.3) is 0 Å². The highest BCUT2D eigenvalue weighted by molar-refractivity contribution is 5.94. The maximum atomic E-state index is 11.7. The minimum absolute atomic E-state index is 0.0219. The van der Waals surface area contributed by atoms with Gasteiger partial charge in [0, 0.05) is 25.7 Å². The summed E-state index contributed by atoms with van der Waals surface area (Å²) < 4.78 is 5.49. The molecule has 2 rings (SSSR count). The smallest absolute Gasteiger partial charge is 0.337 e. The topological polar surface area (TPSA) is 92.9 Å². The number of carboxylic acid groups (broad SMARTS) is 1. The molecule has 0 aliphatic carbocycles. The van der Waals surface area contributed by atoms with Crippen LogP contribution in [0.1, 0.15) is 16.8 Å². The number of carbonyl (C=O) groups is 2. The zero-order chi connectivity index (χ0) is 13.3. The van der Waals surface area contributed by atoms with E-state index >= 15 is 0 Å². The summed E-state index contributed by atoms with van der Waals surface area (Å²) in [5.41, 5.74) is 5.69. The number of hydrogen-bond acceptors (Lipinski definition) is 4. The van der Waals surface area contributed by atoms with Crippen LogP contribution in [-0.2, 0) is 4.79 Å². The lowest BCUT2D eigenvalue weighted by molar-refractivity contribution is -0.132. The lowest BCUT2D eigenvalue weighted by Gasteiger charge is -2.13. The molecule has 1 saturated heterocycles. The van der Waals surface area contributed by atoms with E-state index in [2.05, 4.69) is 0 Å². The number of carbonyl (C=O) groups excluding carboxylic acids is 1. The van der Waals surface area contributed by atoms with Crippen LogP contribution in [0.4, 0.5) is 5.69 Å². The number of amides is 1. The molecule has 1 aromatic carbocycles. The molecule has 1 aromatic rings. The van der Waals surface area contributed by atoms with E-state index in [1.165, 1.54) is 12.1 Å². The molecular formula is C12H14N2O4. The first kappa shape index (κ1) is 12.2. The number of rotatable bonds is 3. The number of likely N-dealkylation sites (tertiary alicyclic amines) is 1. The standard InChI is InChI=1S/C12H14N2O4/c1-14-5-4-10(11(14)15)18-7-2-3-9(13)8(6-7)12(16)17/h2-3,6,10H,4-5,13H2,1H3,(H,16,17). The van der Waals surface area contributed by atoms with E-state index in [9.17, 15) is 9.59 Å². The van der Waals surface area contributed by atoms with Crippen LogP contribution in [0, 0.1) is 0 Å². The summed E-state index contributed by atoms with van der Waals surface area (Å²) in [5, 5.41) is 8.93. The molecular weight excluding hydrogens is 236 g/mol. The predicted octanol–water partition coefficient (Wildman–Crippen LogP) is 0.577. The molecule has 1 aliphatic heterocycles. The first-order valence-corrected chi connectivity index (χ1v) is 5.53. The number of ether oxygens (including phenoxy) is 1. The number of nitrogens with zero attached hydrogens (tertiary/aromatic N) is 1. The van der Waals surface area contributed by atoms with Crippen LogP contribution < -0.4 is 10.5 Å². The largest absolute Gasteiger partial charge is 0.481 e. The van der Waals surface area contributed by atoms with Gasteiger partial charge in [-0.15, -0.1) is 0 Å². The van der Waals surface area contributed by atoms with Crippen molar-refractivity contribution in [1.29, 1.82) is 0 Å². The minimum Gasteiger partial charge on any atom is -0.481 e. The maximum absolute atomic E-state index is 11.7. The van der Waals surface area contributed by atoms with E-state index in [1.54, 1.807) is 18.0 Å². The molecule has 18 heavy (non-hydrogen) atoms. The zero-order valence-corrected chi connectivity index (χ0v) is 9.92. The molecule has 6 nitrogen and oxygen atoms in total. The van der Waals surface area contributed by atoms with E-state index in [0.29, 0.717) is 18.7 Å². The Morgan fingerprint density at radius 1 is 1.56 bits per heavy atom. The molecule has 1 amide bonds.